The number of fused-ring (bicyclic) bond motifs is 1. The molecular weight excluding hydrogens is 674 g/mol. The Bertz CT molecular complexity index is 2070. The maximum atomic E-state index is 14.4. The fraction of sp³-hybridized carbons (Fsp3) is 0.161. The molecule has 0 N–H and O–H groups in total. The van der Waals surface area contributed by atoms with E-state index in [0.29, 0.717) is 27.5 Å². The van der Waals surface area contributed by atoms with Crippen LogP contribution in [-0.4, -0.2) is 23.3 Å². The summed E-state index contributed by atoms with van der Waals surface area (Å²) in [5, 5.41) is 10.0. The maximum absolute atomic E-state index is 14.4. The van der Waals surface area contributed by atoms with Crippen molar-refractivity contribution in [1.82, 2.24) is 4.57 Å². The highest BCUT2D eigenvalue weighted by Crippen LogP contribution is 2.39. The van der Waals surface area contributed by atoms with Gasteiger partial charge in [0.1, 0.15) is 12.4 Å². The van der Waals surface area contributed by atoms with Crippen LogP contribution in [0.3, 0.4) is 0 Å². The van der Waals surface area contributed by atoms with Crippen molar-refractivity contribution in [1.29, 1.82) is 5.26 Å². The molecule has 0 fully saturated rings. The second-order valence-electron chi connectivity index (χ2n) is 9.48. The molecule has 45 heavy (non-hydrogen) atoms. The van der Waals surface area contributed by atoms with Crippen LogP contribution in [0, 0.1) is 11.3 Å². The van der Waals surface area contributed by atoms with Crippen molar-refractivity contribution in [3.05, 3.63) is 129 Å². The number of rotatable bonds is 7. The second kappa shape index (κ2) is 13.1. The lowest BCUT2D eigenvalue weighted by molar-refractivity contribution is -0.140. The number of hydrogen-bond donors (Lipinski definition) is 0. The number of allylic oxidation sites excluding steroid dienone is 1. The van der Waals surface area contributed by atoms with Crippen LogP contribution in [0.1, 0.15) is 35.2 Å². The number of carbonyl (C=O) groups excluding carboxylic acids is 1. The van der Waals surface area contributed by atoms with Crippen LogP contribution in [-0.2, 0) is 16.1 Å². The van der Waals surface area contributed by atoms with Gasteiger partial charge >= 0.3 is 12.1 Å². The zero-order valence-electron chi connectivity index (χ0n) is 23.0. The van der Waals surface area contributed by atoms with Crippen LogP contribution < -0.4 is 19.6 Å². The van der Waals surface area contributed by atoms with Gasteiger partial charge in [-0.15, -0.1) is 0 Å². The molecule has 230 valence electrons. The van der Waals surface area contributed by atoms with Gasteiger partial charge in [-0.3, -0.25) is 9.36 Å². The van der Waals surface area contributed by atoms with Gasteiger partial charge in [0.2, 0.25) is 0 Å². The van der Waals surface area contributed by atoms with Gasteiger partial charge in [-0.25, -0.2) is 9.79 Å². The Labute approximate surface area is 272 Å². The van der Waals surface area contributed by atoms with Gasteiger partial charge in [0.15, 0.2) is 10.5 Å². The SMILES string of the molecule is CCOC(=O)C1=C(C(F)(F)F)N=c2s/c(=C\c3cc(Cl)cc(Cl)c3OCc3ccccc3C#N)c(=O)n2[C@H]1c1ccc(Cl)cc1. The van der Waals surface area contributed by atoms with E-state index >= 15 is 0 Å². The minimum absolute atomic E-state index is 0.0417. The average molecular weight is 693 g/mol. The number of alkyl halides is 3. The number of carbonyl (C=O) groups is 1. The van der Waals surface area contributed by atoms with Crippen LogP contribution in [0.25, 0.3) is 6.08 Å². The van der Waals surface area contributed by atoms with Gasteiger partial charge in [-0.2, -0.15) is 18.4 Å². The second-order valence-corrected chi connectivity index (χ2v) is 11.8. The highest BCUT2D eigenvalue weighted by Gasteiger charge is 2.45. The predicted molar refractivity (Wildman–Crippen MR) is 164 cm³/mol. The topological polar surface area (TPSA) is 93.7 Å². The van der Waals surface area contributed by atoms with Crippen LogP contribution in [0.2, 0.25) is 15.1 Å². The van der Waals surface area contributed by atoms with Crippen LogP contribution in [0.5, 0.6) is 5.75 Å². The summed E-state index contributed by atoms with van der Waals surface area (Å²) in [6.07, 6.45) is -3.68. The smallest absolute Gasteiger partial charge is 0.434 e. The number of nitrogens with zero attached hydrogens (tertiary/aromatic N) is 3. The number of ether oxygens (including phenoxy) is 2. The average Bonchev–Trinajstić information content (AvgIpc) is 3.30. The molecular formula is C31H19Cl3F3N3O4S. The first kappa shape index (κ1) is 32.3. The number of hydrogen-bond acceptors (Lipinski definition) is 7. The Hall–Kier alpha value is -4.08. The number of nitriles is 1. The molecule has 1 aliphatic heterocycles. The molecule has 0 radical (unpaired) electrons. The van der Waals surface area contributed by atoms with Crippen molar-refractivity contribution < 1.29 is 27.4 Å². The number of benzene rings is 3. The third-order valence-corrected chi connectivity index (χ3v) is 8.35. The van der Waals surface area contributed by atoms with Gasteiger partial charge in [0, 0.05) is 21.2 Å². The van der Waals surface area contributed by atoms with Gasteiger partial charge in [-0.05, 0) is 48.9 Å². The third-order valence-electron chi connectivity index (χ3n) is 6.61. The van der Waals surface area contributed by atoms with Crippen molar-refractivity contribution >= 4 is 58.2 Å². The first-order valence-electron chi connectivity index (χ1n) is 13.1. The summed E-state index contributed by atoms with van der Waals surface area (Å²) in [6.45, 7) is 1.19. The highest BCUT2D eigenvalue weighted by molar-refractivity contribution is 7.07. The van der Waals surface area contributed by atoms with Crippen molar-refractivity contribution in [2.45, 2.75) is 25.7 Å². The number of halogens is 6. The van der Waals surface area contributed by atoms with E-state index in [-0.39, 0.29) is 49.5 Å². The van der Waals surface area contributed by atoms with E-state index in [4.69, 9.17) is 44.3 Å². The first-order valence-corrected chi connectivity index (χ1v) is 15.0. The van der Waals surface area contributed by atoms with E-state index in [0.717, 1.165) is 4.57 Å². The van der Waals surface area contributed by atoms with Crippen molar-refractivity contribution in [2.75, 3.05) is 6.61 Å². The molecule has 5 rings (SSSR count). The van der Waals surface area contributed by atoms with E-state index in [2.05, 4.69) is 11.1 Å². The summed E-state index contributed by atoms with van der Waals surface area (Å²) in [5.74, 6) is -1.14. The summed E-state index contributed by atoms with van der Waals surface area (Å²) in [4.78, 5) is 30.4. The molecule has 1 atom stereocenters. The molecule has 0 amide bonds. The maximum Gasteiger partial charge on any atom is 0.434 e. The minimum atomic E-state index is -5.05. The molecule has 14 heteroatoms. The van der Waals surface area contributed by atoms with Crippen molar-refractivity contribution in [3.8, 4) is 11.8 Å². The molecule has 0 bridgehead atoms. The quantitative estimate of drug-likeness (QED) is 0.200. The molecule has 1 aromatic heterocycles. The Morgan fingerprint density at radius 2 is 1.82 bits per heavy atom. The standard InChI is InChI=1S/C31H19Cl3F3N3O4S/c1-2-43-29(42)24-25(16-7-9-20(32)10-8-16)40-28(41)23(45-30(40)39-27(24)31(35,36)37)12-19-11-21(33)13-22(34)26(19)44-15-18-6-4-3-5-17(18)14-38/h3-13,25H,2,15H2,1H3/b23-12-/t25-/m0/s1. The Morgan fingerprint density at radius 1 is 1.11 bits per heavy atom. The molecule has 0 spiro atoms. The molecule has 1 aliphatic rings. The summed E-state index contributed by atoms with van der Waals surface area (Å²) < 4.78 is 55.1. The largest absolute Gasteiger partial charge is 0.487 e. The van der Waals surface area contributed by atoms with Crippen molar-refractivity contribution in [3.63, 3.8) is 0 Å². The first-order chi connectivity index (χ1) is 21.4. The fourth-order valence-corrected chi connectivity index (χ4v) is 6.37. The van der Waals surface area contributed by atoms with Crippen molar-refractivity contribution in [2.24, 2.45) is 4.99 Å². The number of thiazole rings is 1. The van der Waals surface area contributed by atoms with E-state index < -0.39 is 35.0 Å². The van der Waals surface area contributed by atoms with E-state index in [9.17, 15) is 28.0 Å². The molecule has 3 aromatic carbocycles. The molecule has 0 aliphatic carbocycles. The summed E-state index contributed by atoms with van der Waals surface area (Å²) in [5.41, 5.74) is -1.66. The lowest BCUT2D eigenvalue weighted by atomic mass is 9.95. The summed E-state index contributed by atoms with van der Waals surface area (Å²) >= 11 is 19.4. The lowest BCUT2D eigenvalue weighted by Gasteiger charge is -2.26. The molecule has 2 heterocycles. The fourth-order valence-electron chi connectivity index (χ4n) is 4.69. The van der Waals surface area contributed by atoms with Crippen LogP contribution in [0.4, 0.5) is 13.2 Å². The Kier molecular flexibility index (Phi) is 9.41. The summed E-state index contributed by atoms with van der Waals surface area (Å²) in [6, 6.07) is 15.9. The number of esters is 1. The molecule has 4 aromatic rings. The predicted octanol–water partition coefficient (Wildman–Crippen LogP) is 6.75. The Morgan fingerprint density at radius 3 is 2.49 bits per heavy atom. The zero-order chi connectivity index (χ0) is 32.5. The van der Waals surface area contributed by atoms with Gasteiger partial charge in [0.05, 0.1) is 39.4 Å². The Balaban J connectivity index is 1.72. The lowest BCUT2D eigenvalue weighted by Crippen LogP contribution is -2.41. The molecule has 0 unspecified atom stereocenters. The molecule has 7 nitrogen and oxygen atoms in total. The van der Waals surface area contributed by atoms with Gasteiger partial charge < -0.3 is 9.47 Å². The number of aromatic nitrogens is 1. The van der Waals surface area contributed by atoms with Gasteiger partial charge in [0.25, 0.3) is 5.56 Å². The van der Waals surface area contributed by atoms with Crippen LogP contribution >= 0.6 is 46.1 Å². The van der Waals surface area contributed by atoms with E-state index in [1.54, 1.807) is 24.3 Å². The van der Waals surface area contributed by atoms with Crippen LogP contribution in [0.15, 0.2) is 81.7 Å². The van der Waals surface area contributed by atoms with Gasteiger partial charge in [-0.1, -0.05) is 76.5 Å². The molecule has 0 saturated heterocycles. The summed E-state index contributed by atoms with van der Waals surface area (Å²) in [7, 11) is 0. The normalized spacial score (nSPS) is 14.9. The monoisotopic (exact) mass is 691 g/mol. The highest BCUT2D eigenvalue weighted by atomic mass is 35.5. The van der Waals surface area contributed by atoms with E-state index in [1.807, 2.05) is 0 Å². The third kappa shape index (κ3) is 6.65. The minimum Gasteiger partial charge on any atom is -0.487 e. The molecule has 0 saturated carbocycles. The van der Waals surface area contributed by atoms with E-state index in [1.165, 1.54) is 49.4 Å². The zero-order valence-corrected chi connectivity index (χ0v) is 26.1.